The number of carbonyl (C=O) groups is 1. The molecule has 0 aliphatic carbocycles. The molecule has 2 aromatic carbocycles. The lowest BCUT2D eigenvalue weighted by Gasteiger charge is -2.17. The first-order chi connectivity index (χ1) is 10.1. The van der Waals surface area contributed by atoms with Gasteiger partial charge in [0.1, 0.15) is 5.75 Å². The van der Waals surface area contributed by atoms with E-state index in [0.717, 1.165) is 17.0 Å². The first-order valence-electron chi connectivity index (χ1n) is 6.53. The molecule has 0 atom stereocenters. The number of benzene rings is 2. The Hall–Kier alpha value is -2.80. The second-order valence-electron chi connectivity index (χ2n) is 4.64. The van der Waals surface area contributed by atoms with Crippen LogP contribution >= 0.6 is 0 Å². The molecule has 2 aromatic rings. The van der Waals surface area contributed by atoms with Crippen LogP contribution in [0.1, 0.15) is 11.1 Å². The maximum atomic E-state index is 12.3. The minimum atomic E-state index is -0.00938. The molecular formula is C17H16N2O2. The van der Waals surface area contributed by atoms with Gasteiger partial charge < -0.3 is 9.64 Å². The minimum absolute atomic E-state index is 0.00938. The highest BCUT2D eigenvalue weighted by molar-refractivity contribution is 5.94. The fourth-order valence-electron chi connectivity index (χ4n) is 1.94. The van der Waals surface area contributed by atoms with Gasteiger partial charge in [0.25, 0.3) is 0 Å². The van der Waals surface area contributed by atoms with Crippen molar-refractivity contribution in [2.45, 2.75) is 6.42 Å². The van der Waals surface area contributed by atoms with Crippen molar-refractivity contribution >= 4 is 11.6 Å². The summed E-state index contributed by atoms with van der Waals surface area (Å²) in [6, 6.07) is 16.4. The zero-order chi connectivity index (χ0) is 15.2. The normalized spacial score (nSPS) is 9.76. The Labute approximate surface area is 124 Å². The van der Waals surface area contributed by atoms with Crippen LogP contribution in [0.4, 0.5) is 5.69 Å². The molecule has 21 heavy (non-hydrogen) atoms. The van der Waals surface area contributed by atoms with E-state index >= 15 is 0 Å². The second-order valence-corrected chi connectivity index (χ2v) is 4.64. The van der Waals surface area contributed by atoms with Crippen LogP contribution in [0.3, 0.4) is 0 Å². The predicted molar refractivity (Wildman–Crippen MR) is 81.3 cm³/mol. The number of ether oxygens (including phenoxy) is 1. The molecule has 0 aliphatic heterocycles. The Kier molecular flexibility index (Phi) is 4.57. The number of rotatable bonds is 4. The standard InChI is InChI=1S/C17H16N2O2/c1-19(15-7-9-16(21-2)10-8-15)17(20)11-13-3-5-14(12-18)6-4-13/h3-10H,11H2,1-2H3. The topological polar surface area (TPSA) is 53.3 Å². The molecule has 0 bridgehead atoms. The first kappa shape index (κ1) is 14.6. The van der Waals surface area contributed by atoms with Crippen LogP contribution in [0.5, 0.6) is 5.75 Å². The highest BCUT2D eigenvalue weighted by Gasteiger charge is 2.11. The molecule has 0 fully saturated rings. The Morgan fingerprint density at radius 2 is 1.76 bits per heavy atom. The molecule has 106 valence electrons. The third kappa shape index (κ3) is 3.61. The lowest BCUT2D eigenvalue weighted by atomic mass is 10.1. The molecule has 2 rings (SSSR count). The van der Waals surface area contributed by atoms with Crippen molar-refractivity contribution < 1.29 is 9.53 Å². The molecule has 4 heteroatoms. The molecule has 0 spiro atoms. The fourth-order valence-corrected chi connectivity index (χ4v) is 1.94. The van der Waals surface area contributed by atoms with Crippen molar-refractivity contribution in [3.63, 3.8) is 0 Å². The molecule has 0 saturated heterocycles. The van der Waals surface area contributed by atoms with Crippen LogP contribution in [-0.2, 0) is 11.2 Å². The Morgan fingerprint density at radius 1 is 1.14 bits per heavy atom. The minimum Gasteiger partial charge on any atom is -0.497 e. The quantitative estimate of drug-likeness (QED) is 0.865. The summed E-state index contributed by atoms with van der Waals surface area (Å²) < 4.78 is 5.10. The largest absolute Gasteiger partial charge is 0.497 e. The molecule has 0 heterocycles. The summed E-state index contributed by atoms with van der Waals surface area (Å²) in [6.45, 7) is 0. The second kappa shape index (κ2) is 6.58. The number of amides is 1. The van der Waals surface area contributed by atoms with Crippen LogP contribution in [0.2, 0.25) is 0 Å². The van der Waals surface area contributed by atoms with Gasteiger partial charge in [0.15, 0.2) is 0 Å². The van der Waals surface area contributed by atoms with Gasteiger partial charge in [-0.05, 0) is 42.0 Å². The molecule has 1 amide bonds. The summed E-state index contributed by atoms with van der Waals surface area (Å²) in [6.07, 6.45) is 0.300. The zero-order valence-electron chi connectivity index (χ0n) is 12.0. The van der Waals surface area contributed by atoms with Crippen LogP contribution < -0.4 is 9.64 Å². The fraction of sp³-hybridized carbons (Fsp3) is 0.176. The van der Waals surface area contributed by atoms with E-state index in [9.17, 15) is 4.79 Å². The van der Waals surface area contributed by atoms with E-state index < -0.39 is 0 Å². The monoisotopic (exact) mass is 280 g/mol. The number of carbonyl (C=O) groups excluding carboxylic acids is 1. The lowest BCUT2D eigenvalue weighted by molar-refractivity contribution is -0.117. The van der Waals surface area contributed by atoms with E-state index in [1.54, 1.807) is 43.3 Å². The van der Waals surface area contributed by atoms with Gasteiger partial charge in [0.05, 0.1) is 25.2 Å². The van der Waals surface area contributed by atoms with E-state index in [-0.39, 0.29) is 5.91 Å². The van der Waals surface area contributed by atoms with Gasteiger partial charge in [-0.1, -0.05) is 12.1 Å². The van der Waals surface area contributed by atoms with E-state index in [0.29, 0.717) is 12.0 Å². The summed E-state index contributed by atoms with van der Waals surface area (Å²) in [7, 11) is 3.35. The number of hydrogen-bond acceptors (Lipinski definition) is 3. The van der Waals surface area contributed by atoms with Crippen molar-refractivity contribution in [3.8, 4) is 11.8 Å². The third-order valence-corrected chi connectivity index (χ3v) is 3.27. The van der Waals surface area contributed by atoms with Gasteiger partial charge >= 0.3 is 0 Å². The Morgan fingerprint density at radius 3 is 2.29 bits per heavy atom. The maximum absolute atomic E-state index is 12.3. The molecule has 0 aromatic heterocycles. The smallest absolute Gasteiger partial charge is 0.231 e. The SMILES string of the molecule is COc1ccc(N(C)C(=O)Cc2ccc(C#N)cc2)cc1. The van der Waals surface area contributed by atoms with Gasteiger partial charge in [-0.3, -0.25) is 4.79 Å². The average molecular weight is 280 g/mol. The maximum Gasteiger partial charge on any atom is 0.231 e. The first-order valence-corrected chi connectivity index (χ1v) is 6.53. The number of anilines is 1. The van der Waals surface area contributed by atoms with Crippen molar-refractivity contribution in [2.24, 2.45) is 0 Å². The van der Waals surface area contributed by atoms with Crippen molar-refractivity contribution in [2.75, 3.05) is 19.1 Å². The Balaban J connectivity index is 2.05. The summed E-state index contributed by atoms with van der Waals surface area (Å²) >= 11 is 0. The molecule has 4 nitrogen and oxygen atoms in total. The van der Waals surface area contributed by atoms with Gasteiger partial charge in [-0.25, -0.2) is 0 Å². The van der Waals surface area contributed by atoms with Gasteiger partial charge in [0.2, 0.25) is 5.91 Å². The van der Waals surface area contributed by atoms with Crippen molar-refractivity contribution in [1.29, 1.82) is 5.26 Å². The number of methoxy groups -OCH3 is 1. The van der Waals surface area contributed by atoms with Crippen LogP contribution in [0, 0.1) is 11.3 Å². The molecule has 0 saturated carbocycles. The van der Waals surface area contributed by atoms with E-state index in [4.69, 9.17) is 10.00 Å². The van der Waals surface area contributed by atoms with Crippen molar-refractivity contribution in [1.82, 2.24) is 0 Å². The zero-order valence-corrected chi connectivity index (χ0v) is 12.0. The molecular weight excluding hydrogens is 264 g/mol. The van der Waals surface area contributed by atoms with Gasteiger partial charge in [-0.15, -0.1) is 0 Å². The number of nitriles is 1. The number of hydrogen-bond donors (Lipinski definition) is 0. The summed E-state index contributed by atoms with van der Waals surface area (Å²) in [5, 5.41) is 8.75. The number of likely N-dealkylation sites (N-methyl/N-ethyl adjacent to an activating group) is 1. The van der Waals surface area contributed by atoms with Crippen molar-refractivity contribution in [3.05, 3.63) is 59.7 Å². The van der Waals surface area contributed by atoms with Crippen LogP contribution in [-0.4, -0.2) is 20.1 Å². The van der Waals surface area contributed by atoms with E-state index in [1.165, 1.54) is 0 Å². The summed E-state index contributed by atoms with van der Waals surface area (Å²) in [4.78, 5) is 13.9. The lowest BCUT2D eigenvalue weighted by Crippen LogP contribution is -2.27. The summed E-state index contributed by atoms with van der Waals surface area (Å²) in [5.41, 5.74) is 2.29. The molecule has 0 radical (unpaired) electrons. The highest BCUT2D eigenvalue weighted by atomic mass is 16.5. The Bertz CT molecular complexity index is 655. The highest BCUT2D eigenvalue weighted by Crippen LogP contribution is 2.19. The van der Waals surface area contributed by atoms with E-state index in [1.807, 2.05) is 24.3 Å². The average Bonchev–Trinajstić information content (AvgIpc) is 2.55. The van der Waals surface area contributed by atoms with Crippen LogP contribution in [0.15, 0.2) is 48.5 Å². The molecule has 0 aliphatic rings. The van der Waals surface area contributed by atoms with Gasteiger partial charge in [0, 0.05) is 12.7 Å². The number of nitrogens with zero attached hydrogens (tertiary/aromatic N) is 2. The van der Waals surface area contributed by atoms with Crippen LogP contribution in [0.25, 0.3) is 0 Å². The van der Waals surface area contributed by atoms with Gasteiger partial charge in [-0.2, -0.15) is 5.26 Å². The summed E-state index contributed by atoms with van der Waals surface area (Å²) in [5.74, 6) is 0.747. The molecule has 0 N–H and O–H groups in total. The van der Waals surface area contributed by atoms with E-state index in [2.05, 4.69) is 6.07 Å². The molecule has 0 unspecified atom stereocenters. The third-order valence-electron chi connectivity index (χ3n) is 3.27. The predicted octanol–water partition coefficient (Wildman–Crippen LogP) is 2.77.